The Balaban J connectivity index is 2.21. The van der Waals surface area contributed by atoms with E-state index in [0.29, 0.717) is 0 Å². The summed E-state index contributed by atoms with van der Waals surface area (Å²) in [5.41, 5.74) is 6.40. The summed E-state index contributed by atoms with van der Waals surface area (Å²) in [7, 11) is 0. The molecule has 2 rings (SSSR count). The molecule has 0 saturated heterocycles. The van der Waals surface area contributed by atoms with Gasteiger partial charge < -0.3 is 5.11 Å². The van der Waals surface area contributed by atoms with Gasteiger partial charge in [0.25, 0.3) is 0 Å². The minimum Gasteiger partial charge on any atom is -0.396 e. The molecular formula is C18H22O. The second-order valence-corrected chi connectivity index (χ2v) is 5.42. The molecule has 1 nitrogen and oxygen atoms in total. The Morgan fingerprint density at radius 3 is 2.37 bits per heavy atom. The van der Waals surface area contributed by atoms with E-state index in [0.717, 1.165) is 6.42 Å². The molecule has 0 aliphatic rings. The molecule has 0 fully saturated rings. The molecule has 100 valence electrons. The topological polar surface area (TPSA) is 20.2 Å². The van der Waals surface area contributed by atoms with Crippen LogP contribution in [0.1, 0.15) is 33.7 Å². The van der Waals surface area contributed by atoms with Gasteiger partial charge in [0.15, 0.2) is 0 Å². The van der Waals surface area contributed by atoms with E-state index in [1.54, 1.807) is 0 Å². The van der Waals surface area contributed by atoms with Crippen LogP contribution in [-0.4, -0.2) is 11.7 Å². The lowest BCUT2D eigenvalue weighted by Gasteiger charge is -2.16. The van der Waals surface area contributed by atoms with Gasteiger partial charge in [0.1, 0.15) is 0 Å². The van der Waals surface area contributed by atoms with Crippen molar-refractivity contribution in [2.45, 2.75) is 33.1 Å². The number of rotatable bonds is 4. The van der Waals surface area contributed by atoms with Crippen molar-refractivity contribution < 1.29 is 5.11 Å². The summed E-state index contributed by atoms with van der Waals surface area (Å²) >= 11 is 0. The number of aliphatic hydroxyl groups excluding tert-OH is 1. The van der Waals surface area contributed by atoms with Gasteiger partial charge in [0.05, 0.1) is 6.61 Å². The van der Waals surface area contributed by atoms with Crippen molar-refractivity contribution in [3.8, 4) is 0 Å². The Morgan fingerprint density at radius 1 is 0.947 bits per heavy atom. The molecule has 2 aromatic carbocycles. The van der Waals surface area contributed by atoms with E-state index in [4.69, 9.17) is 0 Å². The number of aryl methyl sites for hydroxylation is 3. The molecule has 0 heterocycles. The minimum absolute atomic E-state index is 0.182. The number of hydrogen-bond donors (Lipinski definition) is 1. The highest BCUT2D eigenvalue weighted by atomic mass is 16.3. The van der Waals surface area contributed by atoms with Gasteiger partial charge >= 0.3 is 0 Å². The summed E-state index contributed by atoms with van der Waals surface area (Å²) in [5.74, 6) is 0.182. The van der Waals surface area contributed by atoms with Crippen molar-refractivity contribution >= 4 is 0 Å². The SMILES string of the molecule is Cc1cccc(C(CO)Cc2ccc(C)c(C)c2)c1. The number of benzene rings is 2. The standard InChI is InChI=1S/C18H22O/c1-13-5-4-6-17(9-13)18(12-19)11-16-8-7-14(2)15(3)10-16/h4-10,18-19H,11-12H2,1-3H3. The number of aliphatic hydroxyl groups is 1. The summed E-state index contributed by atoms with van der Waals surface area (Å²) in [6.07, 6.45) is 0.890. The van der Waals surface area contributed by atoms with Crippen LogP contribution >= 0.6 is 0 Å². The fourth-order valence-corrected chi connectivity index (χ4v) is 2.43. The monoisotopic (exact) mass is 254 g/mol. The Kier molecular flexibility index (Phi) is 4.39. The zero-order valence-electron chi connectivity index (χ0n) is 12.0. The third-order valence-corrected chi connectivity index (χ3v) is 3.79. The predicted molar refractivity (Wildman–Crippen MR) is 80.6 cm³/mol. The molecule has 1 N–H and O–H groups in total. The molecule has 0 amide bonds. The van der Waals surface area contributed by atoms with Crippen LogP contribution in [0.3, 0.4) is 0 Å². The highest BCUT2D eigenvalue weighted by Gasteiger charge is 2.11. The zero-order chi connectivity index (χ0) is 13.8. The van der Waals surface area contributed by atoms with Crippen LogP contribution < -0.4 is 0 Å². The van der Waals surface area contributed by atoms with E-state index in [9.17, 15) is 5.11 Å². The molecule has 2 aromatic rings. The third-order valence-electron chi connectivity index (χ3n) is 3.79. The van der Waals surface area contributed by atoms with Gasteiger partial charge in [0, 0.05) is 5.92 Å². The smallest absolute Gasteiger partial charge is 0.0502 e. The molecule has 1 unspecified atom stereocenters. The quantitative estimate of drug-likeness (QED) is 0.876. The van der Waals surface area contributed by atoms with Gasteiger partial charge in [0.2, 0.25) is 0 Å². The van der Waals surface area contributed by atoms with Gasteiger partial charge in [-0.3, -0.25) is 0 Å². The molecule has 0 aliphatic heterocycles. The molecule has 0 radical (unpaired) electrons. The van der Waals surface area contributed by atoms with Crippen LogP contribution in [0.25, 0.3) is 0 Å². The van der Waals surface area contributed by atoms with Gasteiger partial charge in [-0.1, -0.05) is 48.0 Å². The van der Waals surface area contributed by atoms with Gasteiger partial charge in [-0.25, -0.2) is 0 Å². The Labute approximate surface area is 115 Å². The Hall–Kier alpha value is -1.60. The second kappa shape index (κ2) is 6.03. The first kappa shape index (κ1) is 13.8. The van der Waals surface area contributed by atoms with Crippen molar-refractivity contribution in [2.24, 2.45) is 0 Å². The Morgan fingerprint density at radius 2 is 1.74 bits per heavy atom. The first-order valence-corrected chi connectivity index (χ1v) is 6.83. The van der Waals surface area contributed by atoms with Crippen LogP contribution in [0.5, 0.6) is 0 Å². The molecule has 1 atom stereocenters. The van der Waals surface area contributed by atoms with Crippen LogP contribution in [0.4, 0.5) is 0 Å². The Bertz CT molecular complexity index is 557. The fourth-order valence-electron chi connectivity index (χ4n) is 2.43. The molecule has 0 spiro atoms. The maximum atomic E-state index is 9.66. The molecule has 0 bridgehead atoms. The average Bonchev–Trinajstić information content (AvgIpc) is 2.40. The summed E-state index contributed by atoms with van der Waals surface area (Å²) < 4.78 is 0. The molecule has 0 saturated carbocycles. The molecule has 0 aliphatic carbocycles. The lowest BCUT2D eigenvalue weighted by molar-refractivity contribution is 0.264. The normalized spacial score (nSPS) is 12.4. The predicted octanol–water partition coefficient (Wildman–Crippen LogP) is 3.93. The lowest BCUT2D eigenvalue weighted by Crippen LogP contribution is -2.08. The van der Waals surface area contributed by atoms with Crippen molar-refractivity contribution in [1.82, 2.24) is 0 Å². The van der Waals surface area contributed by atoms with Gasteiger partial charge in [-0.2, -0.15) is 0 Å². The fraction of sp³-hybridized carbons (Fsp3) is 0.333. The van der Waals surface area contributed by atoms with E-state index in [2.05, 4.69) is 63.2 Å². The van der Waals surface area contributed by atoms with E-state index < -0.39 is 0 Å². The zero-order valence-corrected chi connectivity index (χ0v) is 12.0. The van der Waals surface area contributed by atoms with Gasteiger partial charge in [-0.05, 0) is 49.4 Å². The van der Waals surface area contributed by atoms with Crippen molar-refractivity contribution in [3.63, 3.8) is 0 Å². The maximum absolute atomic E-state index is 9.66. The van der Waals surface area contributed by atoms with E-state index in [1.807, 2.05) is 0 Å². The molecule has 1 heteroatoms. The van der Waals surface area contributed by atoms with Crippen molar-refractivity contribution in [3.05, 3.63) is 70.3 Å². The molecule has 0 aromatic heterocycles. The van der Waals surface area contributed by atoms with Crippen LogP contribution in [-0.2, 0) is 6.42 Å². The van der Waals surface area contributed by atoms with Crippen LogP contribution in [0.15, 0.2) is 42.5 Å². The summed E-state index contributed by atoms with van der Waals surface area (Å²) in [6, 6.07) is 15.0. The maximum Gasteiger partial charge on any atom is 0.0502 e. The van der Waals surface area contributed by atoms with Crippen LogP contribution in [0, 0.1) is 20.8 Å². The summed E-state index contributed by atoms with van der Waals surface area (Å²) in [4.78, 5) is 0. The average molecular weight is 254 g/mol. The summed E-state index contributed by atoms with van der Waals surface area (Å²) in [6.45, 7) is 6.55. The van der Waals surface area contributed by atoms with Gasteiger partial charge in [-0.15, -0.1) is 0 Å². The van der Waals surface area contributed by atoms with Crippen molar-refractivity contribution in [2.75, 3.05) is 6.61 Å². The molecule has 19 heavy (non-hydrogen) atoms. The third kappa shape index (κ3) is 3.45. The largest absolute Gasteiger partial charge is 0.396 e. The van der Waals surface area contributed by atoms with E-state index in [1.165, 1.54) is 27.8 Å². The van der Waals surface area contributed by atoms with Crippen LogP contribution in [0.2, 0.25) is 0 Å². The summed E-state index contributed by atoms with van der Waals surface area (Å²) in [5, 5.41) is 9.66. The molecular weight excluding hydrogens is 232 g/mol. The highest BCUT2D eigenvalue weighted by molar-refractivity contribution is 5.32. The minimum atomic E-state index is 0.182. The second-order valence-electron chi connectivity index (χ2n) is 5.42. The van der Waals surface area contributed by atoms with E-state index in [-0.39, 0.29) is 12.5 Å². The van der Waals surface area contributed by atoms with E-state index >= 15 is 0 Å². The highest BCUT2D eigenvalue weighted by Crippen LogP contribution is 2.22. The lowest BCUT2D eigenvalue weighted by atomic mass is 9.91. The first-order valence-electron chi connectivity index (χ1n) is 6.83. The number of hydrogen-bond acceptors (Lipinski definition) is 1. The first-order chi connectivity index (χ1) is 9.10. The van der Waals surface area contributed by atoms with Crippen molar-refractivity contribution in [1.29, 1.82) is 0 Å².